The lowest BCUT2D eigenvalue weighted by atomic mass is 9.87. The predicted octanol–water partition coefficient (Wildman–Crippen LogP) is 3.88. The molecule has 1 aromatic carbocycles. The average Bonchev–Trinajstić information content (AvgIpc) is 3.05. The zero-order valence-electron chi connectivity index (χ0n) is 15.2. The van der Waals surface area contributed by atoms with Gasteiger partial charge in [0.25, 0.3) is 0 Å². The van der Waals surface area contributed by atoms with Crippen LogP contribution in [0.3, 0.4) is 0 Å². The van der Waals surface area contributed by atoms with Gasteiger partial charge in [0.1, 0.15) is 12.4 Å². The first-order chi connectivity index (χ1) is 12.7. The van der Waals surface area contributed by atoms with Crippen LogP contribution in [0.25, 0.3) is 5.57 Å². The maximum atomic E-state index is 11.7. The number of rotatable bonds is 2. The Hall–Kier alpha value is -2.11. The summed E-state index contributed by atoms with van der Waals surface area (Å²) in [4.78, 5) is 15.4. The van der Waals surface area contributed by atoms with Crippen LogP contribution in [-0.2, 0) is 22.6 Å². The van der Waals surface area contributed by atoms with E-state index in [1.54, 1.807) is 11.3 Å². The van der Waals surface area contributed by atoms with E-state index in [0.29, 0.717) is 6.61 Å². The van der Waals surface area contributed by atoms with Gasteiger partial charge in [-0.15, -0.1) is 11.3 Å². The Labute approximate surface area is 158 Å². The van der Waals surface area contributed by atoms with E-state index in [4.69, 9.17) is 9.47 Å². The van der Waals surface area contributed by atoms with Crippen LogP contribution in [0.15, 0.2) is 35.2 Å². The number of ether oxygens (including phenoxy) is 2. The van der Waals surface area contributed by atoms with Crippen LogP contribution < -0.4 is 4.74 Å². The number of methoxy groups -OCH3 is 1. The van der Waals surface area contributed by atoms with E-state index in [1.165, 1.54) is 28.7 Å². The van der Waals surface area contributed by atoms with Crippen LogP contribution in [-0.4, -0.2) is 38.1 Å². The predicted molar refractivity (Wildman–Crippen MR) is 104 cm³/mol. The van der Waals surface area contributed by atoms with Crippen molar-refractivity contribution in [3.63, 3.8) is 0 Å². The number of benzene rings is 1. The van der Waals surface area contributed by atoms with Gasteiger partial charge in [-0.05, 0) is 60.2 Å². The van der Waals surface area contributed by atoms with Crippen molar-refractivity contribution in [2.45, 2.75) is 25.9 Å². The van der Waals surface area contributed by atoms with Crippen molar-refractivity contribution in [3.05, 3.63) is 56.8 Å². The molecule has 2 aliphatic heterocycles. The minimum Gasteiger partial charge on any atom is -0.487 e. The van der Waals surface area contributed by atoms with Crippen LogP contribution in [0.5, 0.6) is 5.75 Å². The highest BCUT2D eigenvalue weighted by Gasteiger charge is 2.25. The second kappa shape index (κ2) is 7.25. The van der Waals surface area contributed by atoms with E-state index >= 15 is 0 Å². The normalized spacial score (nSPS) is 17.2. The molecule has 2 aliphatic rings. The van der Waals surface area contributed by atoms with Gasteiger partial charge in [0.15, 0.2) is 0 Å². The molecule has 3 heterocycles. The van der Waals surface area contributed by atoms with Crippen molar-refractivity contribution < 1.29 is 14.3 Å². The Morgan fingerprint density at radius 3 is 2.81 bits per heavy atom. The Bertz CT molecular complexity index is 858. The van der Waals surface area contributed by atoms with Gasteiger partial charge < -0.3 is 14.4 Å². The molecule has 2 aromatic rings. The van der Waals surface area contributed by atoms with Gasteiger partial charge in [-0.3, -0.25) is 4.79 Å². The lowest BCUT2D eigenvalue weighted by molar-refractivity contribution is -0.139. The maximum absolute atomic E-state index is 11.7. The minimum atomic E-state index is -0.218. The molecule has 0 N–H and O–H groups in total. The zero-order valence-corrected chi connectivity index (χ0v) is 16.0. The Balaban J connectivity index is 1.84. The molecule has 1 saturated heterocycles. The molecular weight excluding hydrogens is 346 g/mol. The lowest BCUT2D eigenvalue weighted by Crippen LogP contribution is -2.26. The van der Waals surface area contributed by atoms with E-state index in [9.17, 15) is 4.79 Å². The highest BCUT2D eigenvalue weighted by atomic mass is 32.1. The average molecular weight is 369 g/mol. The first-order valence-electron chi connectivity index (χ1n) is 8.96. The molecule has 0 aliphatic carbocycles. The number of likely N-dealkylation sites (tertiary alicyclic amines) is 1. The Morgan fingerprint density at radius 2 is 2.04 bits per heavy atom. The van der Waals surface area contributed by atoms with Crippen molar-refractivity contribution in [3.8, 4) is 5.75 Å². The summed E-state index contributed by atoms with van der Waals surface area (Å²) < 4.78 is 10.9. The van der Waals surface area contributed by atoms with Crippen molar-refractivity contribution in [1.82, 2.24) is 4.90 Å². The van der Waals surface area contributed by atoms with Gasteiger partial charge in [0, 0.05) is 23.5 Å². The highest BCUT2D eigenvalue weighted by molar-refractivity contribution is 7.10. The van der Waals surface area contributed by atoms with Gasteiger partial charge in [0.2, 0.25) is 0 Å². The second-order valence-electron chi connectivity index (χ2n) is 6.91. The van der Waals surface area contributed by atoms with Crippen LogP contribution >= 0.6 is 11.3 Å². The standard InChI is InChI=1S/C21H23NO3S/c1-22-8-5-15(6-9-22)21-16-7-10-26-19(16)13-25-18-4-3-14(11-17(18)21)12-20(23)24-2/h3-4,7,10-11H,5-6,8-9,12-13H2,1-2H3. The molecule has 136 valence electrons. The molecule has 0 unspecified atom stereocenters. The van der Waals surface area contributed by atoms with Crippen molar-refractivity contribution in [2.75, 3.05) is 27.2 Å². The molecule has 0 radical (unpaired) electrons. The fourth-order valence-electron chi connectivity index (χ4n) is 3.73. The van der Waals surface area contributed by atoms with Crippen LogP contribution in [0.4, 0.5) is 0 Å². The van der Waals surface area contributed by atoms with Gasteiger partial charge >= 0.3 is 5.97 Å². The molecule has 4 rings (SSSR count). The number of hydrogen-bond acceptors (Lipinski definition) is 5. The smallest absolute Gasteiger partial charge is 0.309 e. The molecule has 0 atom stereocenters. The van der Waals surface area contributed by atoms with E-state index in [1.807, 2.05) is 12.1 Å². The van der Waals surface area contributed by atoms with Crippen LogP contribution in [0, 0.1) is 0 Å². The topological polar surface area (TPSA) is 38.8 Å². The van der Waals surface area contributed by atoms with E-state index in [0.717, 1.165) is 42.8 Å². The first kappa shape index (κ1) is 17.3. The summed E-state index contributed by atoms with van der Waals surface area (Å²) in [7, 11) is 3.61. The summed E-state index contributed by atoms with van der Waals surface area (Å²) in [6.45, 7) is 2.76. The lowest BCUT2D eigenvalue weighted by Gasteiger charge is -2.27. The van der Waals surface area contributed by atoms with Gasteiger partial charge in [-0.2, -0.15) is 0 Å². The third kappa shape index (κ3) is 3.29. The fourth-order valence-corrected chi connectivity index (χ4v) is 4.52. The quantitative estimate of drug-likeness (QED) is 0.753. The number of hydrogen-bond donors (Lipinski definition) is 0. The summed E-state index contributed by atoms with van der Waals surface area (Å²) in [5.74, 6) is 0.688. The molecule has 1 aromatic heterocycles. The Morgan fingerprint density at radius 1 is 1.23 bits per heavy atom. The molecule has 5 heteroatoms. The number of carbonyl (C=O) groups excluding carboxylic acids is 1. The highest BCUT2D eigenvalue weighted by Crippen LogP contribution is 2.42. The minimum absolute atomic E-state index is 0.218. The molecule has 4 nitrogen and oxygen atoms in total. The van der Waals surface area contributed by atoms with Crippen molar-refractivity contribution in [2.24, 2.45) is 0 Å². The molecule has 26 heavy (non-hydrogen) atoms. The van der Waals surface area contributed by atoms with Crippen LogP contribution in [0.2, 0.25) is 0 Å². The molecule has 0 amide bonds. The number of fused-ring (bicyclic) bond motifs is 2. The van der Waals surface area contributed by atoms with Crippen molar-refractivity contribution >= 4 is 22.9 Å². The summed E-state index contributed by atoms with van der Waals surface area (Å²) in [6, 6.07) is 8.29. The fraction of sp³-hybridized carbons (Fsp3) is 0.381. The zero-order chi connectivity index (χ0) is 18.1. The second-order valence-corrected chi connectivity index (χ2v) is 7.91. The third-order valence-electron chi connectivity index (χ3n) is 5.21. The maximum Gasteiger partial charge on any atom is 0.309 e. The number of thiophene rings is 1. The summed E-state index contributed by atoms with van der Waals surface area (Å²) >= 11 is 1.75. The number of carbonyl (C=O) groups is 1. The number of esters is 1. The largest absolute Gasteiger partial charge is 0.487 e. The molecule has 0 bridgehead atoms. The van der Waals surface area contributed by atoms with Crippen LogP contribution in [0.1, 0.15) is 34.4 Å². The van der Waals surface area contributed by atoms with E-state index in [-0.39, 0.29) is 12.4 Å². The first-order valence-corrected chi connectivity index (χ1v) is 9.84. The van der Waals surface area contributed by atoms with Crippen molar-refractivity contribution in [1.29, 1.82) is 0 Å². The summed E-state index contributed by atoms with van der Waals surface area (Å²) in [6.07, 6.45) is 2.43. The number of piperidine rings is 1. The van der Waals surface area contributed by atoms with E-state index < -0.39 is 0 Å². The summed E-state index contributed by atoms with van der Waals surface area (Å²) in [5.41, 5.74) is 6.17. The molecular formula is C21H23NO3S. The van der Waals surface area contributed by atoms with Gasteiger partial charge in [-0.1, -0.05) is 11.6 Å². The Kier molecular flexibility index (Phi) is 4.83. The van der Waals surface area contributed by atoms with Gasteiger partial charge in [0.05, 0.1) is 13.5 Å². The SMILES string of the molecule is COC(=O)Cc1ccc2c(c1)C(=C1CCN(C)CC1)c1ccsc1CO2. The van der Waals surface area contributed by atoms with E-state index in [2.05, 4.69) is 29.5 Å². The summed E-state index contributed by atoms with van der Waals surface area (Å²) in [5, 5.41) is 2.15. The molecule has 1 fully saturated rings. The van der Waals surface area contributed by atoms with Gasteiger partial charge in [-0.25, -0.2) is 0 Å². The molecule has 0 saturated carbocycles. The third-order valence-corrected chi connectivity index (χ3v) is 6.10. The molecule has 0 spiro atoms. The number of nitrogens with zero attached hydrogens (tertiary/aromatic N) is 1. The monoisotopic (exact) mass is 369 g/mol.